The average Bonchev–Trinajstić information content (AvgIpc) is 1.12. The van der Waals surface area contributed by atoms with Crippen LogP contribution < -0.4 is 10.3 Å². The number of hydrogen-bond donors (Lipinski definition) is 4. The van der Waals surface area contributed by atoms with Crippen molar-refractivity contribution in [1.29, 1.82) is 0 Å². The molecule has 0 amide bonds. The normalized spacial score (nSPS) is 9.67. The largest absolute Gasteiger partial charge is 0.330 e. The third-order valence-corrected chi connectivity index (χ3v) is 0. The van der Waals surface area contributed by atoms with Gasteiger partial charge in [0, 0.05) is 16.5 Å². The molecule has 0 saturated heterocycles. The maximum absolute atomic E-state index is 8.97. The van der Waals surface area contributed by atoms with Crippen molar-refractivity contribution in [2.45, 2.75) is 0 Å². The topological polar surface area (TPSA) is 161 Å². The molecule has 0 heterocycles. The molecule has 0 bridgehead atoms. The summed E-state index contributed by atoms with van der Waals surface area (Å²) < 4.78 is 50.4. The maximum atomic E-state index is 8.97. The predicted molar refractivity (Wildman–Crippen MR) is 38.7 cm³/mol. The van der Waals surface area contributed by atoms with Crippen molar-refractivity contribution in [2.24, 2.45) is 10.3 Å². The zero-order valence-electron chi connectivity index (χ0n) is 5.22. The molecule has 0 spiro atoms. The Morgan fingerprint density at radius 3 is 0.833 bits per heavy atom. The first-order chi connectivity index (χ1) is 4.00. The van der Waals surface area contributed by atoms with Crippen LogP contribution in [0.4, 0.5) is 0 Å². The Labute approximate surface area is 85.8 Å². The van der Waals surface area contributed by atoms with Gasteiger partial charge >= 0.3 is 20.6 Å². The van der Waals surface area contributed by atoms with Gasteiger partial charge in [0.05, 0.1) is 0 Å². The third-order valence-electron chi connectivity index (χ3n) is 0. The number of halogens is 1. The van der Waals surface area contributed by atoms with Crippen molar-refractivity contribution in [3.63, 3.8) is 0 Å². The summed E-state index contributed by atoms with van der Waals surface area (Å²) in [5, 5.41) is 7.76. The molecule has 12 heavy (non-hydrogen) atoms. The SMILES string of the molecule is Cl.NS(=O)(=O)O.NS(=O)(=O)O.[Ni]. The standard InChI is InChI=1S/ClH.2H3NO3S.Ni/c;2*1-5(2,3)4;/h1H;2*(H3,1,2,3,4);. The van der Waals surface area contributed by atoms with E-state index in [1.165, 1.54) is 0 Å². The van der Waals surface area contributed by atoms with E-state index in [4.69, 9.17) is 25.9 Å². The van der Waals surface area contributed by atoms with Gasteiger partial charge in [-0.3, -0.25) is 9.11 Å². The predicted octanol–water partition coefficient (Wildman–Crippen LogP) is -2.08. The Kier molecular flexibility index (Phi) is 15.5. The third kappa shape index (κ3) is 3480. The molecule has 0 saturated carbocycles. The second kappa shape index (κ2) is 8.14. The van der Waals surface area contributed by atoms with Crippen LogP contribution in [0.1, 0.15) is 0 Å². The Bertz CT molecular complexity index is 220. The van der Waals surface area contributed by atoms with Gasteiger partial charge in [-0.05, 0) is 0 Å². The molecule has 12 heteroatoms. The van der Waals surface area contributed by atoms with Crippen molar-refractivity contribution < 1.29 is 42.4 Å². The number of hydrogen-bond acceptors (Lipinski definition) is 4. The first kappa shape index (κ1) is 22.9. The van der Waals surface area contributed by atoms with Crippen LogP contribution in [0.5, 0.6) is 0 Å². The molecule has 0 atom stereocenters. The van der Waals surface area contributed by atoms with E-state index < -0.39 is 20.6 Å². The molecule has 8 nitrogen and oxygen atoms in total. The van der Waals surface area contributed by atoms with Gasteiger partial charge in [0.25, 0.3) is 0 Å². The van der Waals surface area contributed by atoms with Crippen LogP contribution in [-0.4, -0.2) is 25.9 Å². The molecule has 0 unspecified atom stereocenters. The van der Waals surface area contributed by atoms with Gasteiger partial charge in [-0.2, -0.15) is 16.8 Å². The zero-order valence-corrected chi connectivity index (χ0v) is 8.66. The molecule has 0 radical (unpaired) electrons. The minimum Gasteiger partial charge on any atom is -0.274 e. The molecule has 6 N–H and O–H groups in total. The summed E-state index contributed by atoms with van der Waals surface area (Å²) >= 11 is 0. The molecule has 0 aromatic heterocycles. The fourth-order valence-corrected chi connectivity index (χ4v) is 0. The van der Waals surface area contributed by atoms with Gasteiger partial charge in [-0.15, -0.1) is 12.4 Å². The summed E-state index contributed by atoms with van der Waals surface area (Å²) in [6.07, 6.45) is 0. The van der Waals surface area contributed by atoms with E-state index >= 15 is 0 Å². The zero-order chi connectivity index (χ0) is 9.00. The van der Waals surface area contributed by atoms with Gasteiger partial charge in [0.15, 0.2) is 0 Å². The van der Waals surface area contributed by atoms with Gasteiger partial charge in [0.2, 0.25) is 0 Å². The van der Waals surface area contributed by atoms with Crippen molar-refractivity contribution in [3.8, 4) is 0 Å². The Morgan fingerprint density at radius 1 is 0.833 bits per heavy atom. The van der Waals surface area contributed by atoms with Crippen molar-refractivity contribution in [1.82, 2.24) is 0 Å². The summed E-state index contributed by atoms with van der Waals surface area (Å²) in [5.41, 5.74) is 0. The van der Waals surface area contributed by atoms with Crippen LogP contribution >= 0.6 is 12.4 Å². The van der Waals surface area contributed by atoms with Crippen LogP contribution in [-0.2, 0) is 37.1 Å². The fraction of sp³-hybridized carbons (Fsp3) is 0. The van der Waals surface area contributed by atoms with Crippen molar-refractivity contribution in [3.05, 3.63) is 0 Å². The van der Waals surface area contributed by atoms with E-state index in [0.29, 0.717) is 0 Å². The van der Waals surface area contributed by atoms with E-state index in [-0.39, 0.29) is 28.9 Å². The second-order valence-corrected chi connectivity index (χ2v) is 3.09. The van der Waals surface area contributed by atoms with E-state index in [0.717, 1.165) is 0 Å². The first-order valence-corrected chi connectivity index (χ1v) is 4.51. The summed E-state index contributed by atoms with van der Waals surface area (Å²) in [4.78, 5) is 0. The van der Waals surface area contributed by atoms with Crippen LogP contribution in [0.25, 0.3) is 0 Å². The average molecular weight is 289 g/mol. The van der Waals surface area contributed by atoms with Crippen LogP contribution in [0.3, 0.4) is 0 Å². The van der Waals surface area contributed by atoms with Crippen LogP contribution in [0.15, 0.2) is 0 Å². The molecule has 0 fully saturated rings. The van der Waals surface area contributed by atoms with E-state index in [2.05, 4.69) is 10.3 Å². The molecule has 82 valence electrons. The van der Waals surface area contributed by atoms with E-state index in [1.807, 2.05) is 0 Å². The van der Waals surface area contributed by atoms with Gasteiger partial charge in [-0.25, -0.2) is 10.3 Å². The fourth-order valence-electron chi connectivity index (χ4n) is 0. The molecular weight excluding hydrogens is 282 g/mol. The second-order valence-electron chi connectivity index (χ2n) is 1.03. The van der Waals surface area contributed by atoms with Crippen molar-refractivity contribution >= 4 is 33.0 Å². The summed E-state index contributed by atoms with van der Waals surface area (Å²) in [6.45, 7) is 0. The van der Waals surface area contributed by atoms with Crippen LogP contribution in [0, 0.1) is 0 Å². The molecule has 0 aromatic carbocycles. The smallest absolute Gasteiger partial charge is 0.274 e. The molecule has 0 rings (SSSR count). The number of nitrogens with two attached hydrogens (primary N) is 2. The molecule has 0 aliphatic rings. The van der Waals surface area contributed by atoms with Gasteiger partial charge in [-0.1, -0.05) is 0 Å². The number of rotatable bonds is 0. The Morgan fingerprint density at radius 2 is 0.833 bits per heavy atom. The van der Waals surface area contributed by atoms with Gasteiger partial charge in [0.1, 0.15) is 0 Å². The Balaban J connectivity index is -0.0000000457. The monoisotopic (exact) mass is 288 g/mol. The molecule has 0 aromatic rings. The van der Waals surface area contributed by atoms with E-state index in [1.54, 1.807) is 0 Å². The van der Waals surface area contributed by atoms with Crippen molar-refractivity contribution in [2.75, 3.05) is 0 Å². The summed E-state index contributed by atoms with van der Waals surface area (Å²) in [7, 11) is -8.33. The quantitative estimate of drug-likeness (QED) is 0.295. The summed E-state index contributed by atoms with van der Waals surface area (Å²) in [5.74, 6) is 0. The molecule has 0 aliphatic heterocycles. The van der Waals surface area contributed by atoms with Crippen LogP contribution in [0.2, 0.25) is 0 Å². The minimum atomic E-state index is -4.17. The van der Waals surface area contributed by atoms with E-state index in [9.17, 15) is 0 Å². The van der Waals surface area contributed by atoms with Gasteiger partial charge < -0.3 is 0 Å². The Hall–Kier alpha value is 0.524. The maximum Gasteiger partial charge on any atom is 0.330 e. The summed E-state index contributed by atoms with van der Waals surface area (Å²) in [6, 6.07) is 0. The molecular formula is H7ClN2NiO6S2. The first-order valence-electron chi connectivity index (χ1n) is 1.50. The molecule has 0 aliphatic carbocycles. The minimum absolute atomic E-state index is 0.